The van der Waals surface area contributed by atoms with Crippen molar-refractivity contribution >= 4 is 22.7 Å². The number of hydrogen-bond donors (Lipinski definition) is 1. The number of methoxy groups -OCH3 is 1. The quantitative estimate of drug-likeness (QED) is 0.308. The Morgan fingerprint density at radius 1 is 1.07 bits per heavy atom. The van der Waals surface area contributed by atoms with Crippen LogP contribution in [0.5, 0.6) is 0 Å². The Morgan fingerprint density at radius 3 is 2.51 bits per heavy atom. The monoisotopic (exact) mass is 549 g/mol. The van der Waals surface area contributed by atoms with Gasteiger partial charge in [0, 0.05) is 56.0 Å². The average molecular weight is 550 g/mol. The van der Waals surface area contributed by atoms with Crippen LogP contribution in [-0.2, 0) is 11.3 Å². The number of carbonyl (C=O) groups excluding carboxylic acids is 2. The molecule has 0 spiro atoms. The minimum Gasteiger partial charge on any atom is -0.383 e. The third kappa shape index (κ3) is 6.16. The highest BCUT2D eigenvalue weighted by Crippen LogP contribution is 2.27. The van der Waals surface area contributed by atoms with Gasteiger partial charge < -0.3 is 15.0 Å². The largest absolute Gasteiger partial charge is 0.383 e. The van der Waals surface area contributed by atoms with Crippen molar-refractivity contribution in [3.05, 3.63) is 88.6 Å². The van der Waals surface area contributed by atoms with Gasteiger partial charge in [-0.3, -0.25) is 14.3 Å². The van der Waals surface area contributed by atoms with Crippen LogP contribution in [-0.4, -0.2) is 59.8 Å². The molecule has 1 N–H and O–H groups in total. The molecule has 2 heterocycles. The van der Waals surface area contributed by atoms with Gasteiger partial charge in [-0.2, -0.15) is 10.4 Å². The second kappa shape index (κ2) is 12.4. The predicted octanol–water partition coefficient (Wildman–Crippen LogP) is 5.12. The van der Waals surface area contributed by atoms with Crippen LogP contribution in [0.2, 0.25) is 0 Å². The molecule has 41 heavy (non-hydrogen) atoms. The number of benzene rings is 3. The summed E-state index contributed by atoms with van der Waals surface area (Å²) in [6, 6.07) is 19.3. The molecule has 0 bridgehead atoms. The lowest BCUT2D eigenvalue weighted by Gasteiger charge is -2.32. The fourth-order valence-electron chi connectivity index (χ4n) is 5.60. The van der Waals surface area contributed by atoms with Crippen LogP contribution in [0.3, 0.4) is 0 Å². The molecular weight excluding hydrogens is 514 g/mol. The Kier molecular flexibility index (Phi) is 8.46. The molecule has 4 aromatic rings. The number of fused-ring (bicyclic) bond motifs is 1. The fraction of sp³-hybridized carbons (Fsp3) is 0.333. The number of carbonyl (C=O) groups is 2. The van der Waals surface area contributed by atoms with E-state index >= 15 is 0 Å². The number of nitriles is 1. The van der Waals surface area contributed by atoms with Crippen LogP contribution in [0.15, 0.2) is 60.8 Å². The normalized spacial score (nSPS) is 13.8. The van der Waals surface area contributed by atoms with E-state index in [9.17, 15) is 9.59 Å². The second-order valence-corrected chi connectivity index (χ2v) is 10.7. The first-order chi connectivity index (χ1) is 19.9. The summed E-state index contributed by atoms with van der Waals surface area (Å²) in [6.45, 7) is 7.11. The molecule has 8 nitrogen and oxygen atoms in total. The highest BCUT2D eigenvalue weighted by atomic mass is 16.5. The van der Waals surface area contributed by atoms with Gasteiger partial charge >= 0.3 is 0 Å². The minimum atomic E-state index is -0.106. The zero-order valence-corrected chi connectivity index (χ0v) is 23.8. The zero-order chi connectivity index (χ0) is 28.9. The number of nitrogens with one attached hydrogen (secondary N) is 1. The van der Waals surface area contributed by atoms with Crippen molar-refractivity contribution in [1.29, 1.82) is 5.26 Å². The van der Waals surface area contributed by atoms with E-state index in [1.54, 1.807) is 7.11 Å². The number of piperidine rings is 1. The number of hydrogen-bond acceptors (Lipinski definition) is 5. The highest BCUT2D eigenvalue weighted by molar-refractivity contribution is 6.00. The van der Waals surface area contributed by atoms with Gasteiger partial charge in [-0.15, -0.1) is 0 Å². The third-order valence-electron chi connectivity index (χ3n) is 7.99. The predicted molar refractivity (Wildman–Crippen MR) is 159 cm³/mol. The van der Waals surface area contributed by atoms with Crippen LogP contribution in [0.1, 0.15) is 50.2 Å². The molecule has 3 aromatic carbocycles. The van der Waals surface area contributed by atoms with Gasteiger partial charge in [0.25, 0.3) is 11.8 Å². The number of rotatable bonds is 8. The maximum atomic E-state index is 13.2. The van der Waals surface area contributed by atoms with Crippen LogP contribution in [0.4, 0.5) is 0 Å². The molecule has 5 rings (SSSR count). The smallest absolute Gasteiger partial charge is 0.253 e. The van der Waals surface area contributed by atoms with Gasteiger partial charge in [0.15, 0.2) is 0 Å². The number of likely N-dealkylation sites (tertiary alicyclic amines) is 1. The van der Waals surface area contributed by atoms with Crippen molar-refractivity contribution in [2.75, 3.05) is 33.4 Å². The van der Waals surface area contributed by atoms with Crippen LogP contribution in [0, 0.1) is 31.1 Å². The summed E-state index contributed by atoms with van der Waals surface area (Å²) in [7, 11) is 1.61. The van der Waals surface area contributed by atoms with E-state index in [1.165, 1.54) is 0 Å². The van der Waals surface area contributed by atoms with E-state index in [0.29, 0.717) is 48.8 Å². The summed E-state index contributed by atoms with van der Waals surface area (Å²) in [5.41, 5.74) is 6.91. The molecule has 2 amide bonds. The molecule has 1 aliphatic rings. The van der Waals surface area contributed by atoms with Gasteiger partial charge in [-0.1, -0.05) is 18.2 Å². The first kappa shape index (κ1) is 28.1. The molecule has 0 radical (unpaired) electrons. The highest BCUT2D eigenvalue weighted by Gasteiger charge is 2.24. The molecule has 1 saturated heterocycles. The lowest BCUT2D eigenvalue weighted by molar-refractivity contribution is 0.0681. The van der Waals surface area contributed by atoms with E-state index in [0.717, 1.165) is 52.5 Å². The van der Waals surface area contributed by atoms with Crippen molar-refractivity contribution in [3.8, 4) is 17.2 Å². The summed E-state index contributed by atoms with van der Waals surface area (Å²) in [4.78, 5) is 27.7. The number of ether oxygens (including phenoxy) is 1. The molecule has 0 saturated carbocycles. The SMILES string of the molecule is COCCNC(=O)c1ccc2nn(CC3CCN(C(=O)c4ccc(-c5ccc(C#N)cc5C)cc4)CC3)cc2c1C. The molecule has 1 aromatic heterocycles. The molecular formula is C33H35N5O3. The van der Waals surface area contributed by atoms with Crippen molar-refractivity contribution in [1.82, 2.24) is 20.0 Å². The Balaban J connectivity index is 1.18. The van der Waals surface area contributed by atoms with Gasteiger partial charge in [0.2, 0.25) is 0 Å². The topological polar surface area (TPSA) is 100 Å². The summed E-state index contributed by atoms with van der Waals surface area (Å²) < 4.78 is 7.00. The van der Waals surface area contributed by atoms with Crippen molar-refractivity contribution in [2.45, 2.75) is 33.2 Å². The molecule has 0 atom stereocenters. The first-order valence-electron chi connectivity index (χ1n) is 14.0. The molecule has 210 valence electrons. The average Bonchev–Trinajstić information content (AvgIpc) is 3.41. The summed E-state index contributed by atoms with van der Waals surface area (Å²) in [5, 5.41) is 17.7. The summed E-state index contributed by atoms with van der Waals surface area (Å²) in [6.07, 6.45) is 3.86. The molecule has 0 unspecified atom stereocenters. The van der Waals surface area contributed by atoms with Crippen LogP contribution >= 0.6 is 0 Å². The number of aromatic nitrogens is 2. The number of aryl methyl sites for hydroxylation is 2. The van der Waals surface area contributed by atoms with Gasteiger partial charge in [0.05, 0.1) is 23.8 Å². The third-order valence-corrected chi connectivity index (χ3v) is 7.99. The fourth-order valence-corrected chi connectivity index (χ4v) is 5.60. The standard InChI is InChI=1S/C33H35N5O3/c1-22-18-25(19-34)4-9-28(22)26-5-7-27(8-6-26)33(40)37-15-12-24(13-16-37)20-38-21-30-23(2)29(10-11-31(30)36-38)32(39)35-14-17-41-3/h4-11,18,21,24H,12-17,20H2,1-3H3,(H,35,39). The molecule has 1 fully saturated rings. The maximum Gasteiger partial charge on any atom is 0.253 e. The number of amides is 2. The van der Waals surface area contributed by atoms with Gasteiger partial charge in [-0.25, -0.2) is 0 Å². The summed E-state index contributed by atoms with van der Waals surface area (Å²) in [5.74, 6) is 0.376. The lowest BCUT2D eigenvalue weighted by atomic mass is 9.95. The zero-order valence-electron chi connectivity index (χ0n) is 23.8. The van der Waals surface area contributed by atoms with Crippen molar-refractivity contribution < 1.29 is 14.3 Å². The maximum absolute atomic E-state index is 13.2. The van der Waals surface area contributed by atoms with Gasteiger partial charge in [0.1, 0.15) is 0 Å². The second-order valence-electron chi connectivity index (χ2n) is 10.7. The summed E-state index contributed by atoms with van der Waals surface area (Å²) >= 11 is 0. The Bertz CT molecular complexity index is 1610. The number of nitrogens with zero attached hydrogens (tertiary/aromatic N) is 4. The Labute approximate surface area is 240 Å². The van der Waals surface area contributed by atoms with Crippen LogP contribution in [0.25, 0.3) is 22.0 Å². The minimum absolute atomic E-state index is 0.0586. The van der Waals surface area contributed by atoms with E-state index < -0.39 is 0 Å². The molecule has 0 aliphatic carbocycles. The van der Waals surface area contributed by atoms with Crippen molar-refractivity contribution in [3.63, 3.8) is 0 Å². The van der Waals surface area contributed by atoms with Crippen molar-refractivity contribution in [2.24, 2.45) is 5.92 Å². The van der Waals surface area contributed by atoms with E-state index in [2.05, 4.69) is 11.4 Å². The Hall–Kier alpha value is -4.48. The first-order valence-corrected chi connectivity index (χ1v) is 14.0. The molecule has 8 heteroatoms. The lowest BCUT2D eigenvalue weighted by Crippen LogP contribution is -2.39. The van der Waals surface area contributed by atoms with Crippen LogP contribution < -0.4 is 5.32 Å². The molecule has 1 aliphatic heterocycles. The van der Waals surface area contributed by atoms with E-state index in [1.807, 2.05) is 84.2 Å². The van der Waals surface area contributed by atoms with E-state index in [-0.39, 0.29) is 11.8 Å². The van der Waals surface area contributed by atoms with Gasteiger partial charge in [-0.05, 0) is 91.3 Å². The Morgan fingerprint density at radius 2 is 1.83 bits per heavy atom. The van der Waals surface area contributed by atoms with E-state index in [4.69, 9.17) is 15.1 Å².